The van der Waals surface area contributed by atoms with Crippen LogP contribution in [-0.2, 0) is 32.0 Å². The van der Waals surface area contributed by atoms with Crippen LogP contribution in [0.15, 0.2) is 35.4 Å². The molecule has 0 bridgehead atoms. The molecule has 18 nitrogen and oxygen atoms in total. The van der Waals surface area contributed by atoms with E-state index in [1.807, 2.05) is 13.8 Å². The Balaban J connectivity index is 0.907. The van der Waals surface area contributed by atoms with Gasteiger partial charge in [-0.3, -0.25) is 33.6 Å². The van der Waals surface area contributed by atoms with Crippen LogP contribution in [0.1, 0.15) is 98.6 Å². The monoisotopic (exact) mass is 870 g/mol. The molecule has 5 rings (SSSR count). The average molecular weight is 871 g/mol. The number of carbonyl (C=O) groups is 7. The van der Waals surface area contributed by atoms with Crippen molar-refractivity contribution < 1.29 is 48.5 Å². The highest BCUT2D eigenvalue weighted by Crippen LogP contribution is 2.47. The van der Waals surface area contributed by atoms with Crippen molar-refractivity contribution in [1.82, 2.24) is 36.9 Å². The second-order valence-corrected chi connectivity index (χ2v) is 16.4. The van der Waals surface area contributed by atoms with E-state index in [0.29, 0.717) is 61.6 Å². The summed E-state index contributed by atoms with van der Waals surface area (Å²) in [5.74, 6) is -4.45. The summed E-state index contributed by atoms with van der Waals surface area (Å²) in [6.07, 6.45) is 1.83. The fourth-order valence-electron chi connectivity index (χ4n) is 7.08. The Morgan fingerprint density at radius 3 is 2.18 bits per heavy atom. The van der Waals surface area contributed by atoms with E-state index in [9.17, 15) is 49.0 Å². The lowest BCUT2D eigenvalue weighted by atomic mass is 9.75. The van der Waals surface area contributed by atoms with Gasteiger partial charge in [0.1, 0.15) is 34.0 Å². The summed E-state index contributed by atoms with van der Waals surface area (Å²) in [7, 11) is 1.38. The number of thioether (sulfide) groups is 1. The van der Waals surface area contributed by atoms with Gasteiger partial charge in [0.05, 0.1) is 42.5 Å². The molecular formula is C43H50N8O10S. The second kappa shape index (κ2) is 21.8. The Morgan fingerprint density at radius 2 is 1.48 bits per heavy atom. The predicted molar refractivity (Wildman–Crippen MR) is 226 cm³/mol. The van der Waals surface area contributed by atoms with E-state index >= 15 is 0 Å². The van der Waals surface area contributed by atoms with Gasteiger partial charge >= 0.3 is 0 Å². The molecule has 1 unspecified atom stereocenters. The van der Waals surface area contributed by atoms with Crippen molar-refractivity contribution in [3.05, 3.63) is 75.0 Å². The number of pyridine rings is 1. The predicted octanol–water partition coefficient (Wildman–Crippen LogP) is 1.41. The van der Waals surface area contributed by atoms with Crippen molar-refractivity contribution in [1.29, 1.82) is 5.26 Å². The zero-order valence-electron chi connectivity index (χ0n) is 34.7. The number of benzene rings is 2. The number of fused-ring (bicyclic) bond motifs is 3. The molecule has 2 aromatic carbocycles. The lowest BCUT2D eigenvalue weighted by Gasteiger charge is -2.29. The van der Waals surface area contributed by atoms with Crippen molar-refractivity contribution >= 4 is 52.9 Å². The number of nitriles is 1. The van der Waals surface area contributed by atoms with Gasteiger partial charge < -0.3 is 46.9 Å². The van der Waals surface area contributed by atoms with Gasteiger partial charge in [-0.05, 0) is 63.4 Å². The highest BCUT2D eigenvalue weighted by Gasteiger charge is 2.41. The van der Waals surface area contributed by atoms with E-state index < -0.39 is 46.9 Å². The number of amides is 5. The summed E-state index contributed by atoms with van der Waals surface area (Å²) in [6, 6.07) is 9.60. The van der Waals surface area contributed by atoms with Gasteiger partial charge in [0.2, 0.25) is 29.4 Å². The van der Waals surface area contributed by atoms with E-state index in [4.69, 9.17) is 4.74 Å². The molecule has 19 heteroatoms. The number of hydrogen-bond acceptors (Lipinski definition) is 14. The number of hydrogen-bond donors (Lipinski definition) is 8. The molecule has 0 fully saturated rings. The number of nitrogens with one attached hydrogen (secondary N) is 6. The standard InChI is InChI=1S/C43H50N8O10S/c1-23(2)62-43-25(20-44)10-12-29(51-43)42(60)48-18-13-31(52)49-22-33(54)50-21-32(53)46-16-5-14-45-15-6-17-47-41(59)24-9-11-26-28(19-24)39(57)35-36(37(26)55)40(58)34-27(38(35)56)7-4-8-30(34)61-3/h4,7-8,10,12,23-24,45,55,57H,5-6,9,11,13-19,21-22H2,1-3H3,(H,46,53)(H,47,59)(H,48,60)(H,49,52)(H,50,54). The SMILES string of the molecule is COc1cccc2c1C(=O)c1c(O)c3c(c(O)c1C2=O)CC(C(=O)NCCCNCCCNC(=O)CNC(=O)CNC(=O)CCNC(=O)c1ccc(C#N)c(SC(C)C)n1)CC3. The molecule has 62 heavy (non-hydrogen) atoms. The summed E-state index contributed by atoms with van der Waals surface area (Å²) >= 11 is 1.36. The number of ketones is 2. The quantitative estimate of drug-likeness (QED) is 0.0355. The Morgan fingerprint density at radius 1 is 0.823 bits per heavy atom. The van der Waals surface area contributed by atoms with Crippen LogP contribution in [0.3, 0.4) is 0 Å². The van der Waals surface area contributed by atoms with Gasteiger partial charge in [-0.2, -0.15) is 5.26 Å². The first-order chi connectivity index (χ1) is 29.7. The van der Waals surface area contributed by atoms with Gasteiger partial charge in [0.25, 0.3) is 5.91 Å². The highest BCUT2D eigenvalue weighted by atomic mass is 32.2. The number of phenolic OH excluding ortho intramolecular Hbond substituents is 2. The third-order valence-electron chi connectivity index (χ3n) is 10.2. The fraction of sp³-hybridized carbons (Fsp3) is 0.419. The van der Waals surface area contributed by atoms with Crippen LogP contribution in [0.5, 0.6) is 17.2 Å². The summed E-state index contributed by atoms with van der Waals surface area (Å²) in [4.78, 5) is 93.2. The molecule has 0 radical (unpaired) electrons. The minimum Gasteiger partial charge on any atom is -0.507 e. The second-order valence-electron chi connectivity index (χ2n) is 14.9. The molecule has 0 saturated carbocycles. The molecule has 0 saturated heterocycles. The fourth-order valence-corrected chi connectivity index (χ4v) is 7.92. The number of aromatic hydroxyl groups is 2. The lowest BCUT2D eigenvalue weighted by Crippen LogP contribution is -2.42. The highest BCUT2D eigenvalue weighted by molar-refractivity contribution is 7.99. The summed E-state index contributed by atoms with van der Waals surface area (Å²) in [5.41, 5.74) is 0.706. The van der Waals surface area contributed by atoms with Gasteiger partial charge in [-0.15, -0.1) is 11.8 Å². The van der Waals surface area contributed by atoms with Crippen LogP contribution in [0.4, 0.5) is 0 Å². The van der Waals surface area contributed by atoms with Gasteiger partial charge in [0, 0.05) is 53.9 Å². The normalized spacial score (nSPS) is 13.8. The smallest absolute Gasteiger partial charge is 0.269 e. The van der Waals surface area contributed by atoms with Crippen LogP contribution in [0, 0.1) is 17.2 Å². The van der Waals surface area contributed by atoms with Crippen LogP contribution in [0.25, 0.3) is 0 Å². The molecule has 328 valence electrons. The molecule has 1 atom stereocenters. The van der Waals surface area contributed by atoms with Crippen LogP contribution >= 0.6 is 11.8 Å². The molecular weight excluding hydrogens is 821 g/mol. The molecule has 0 aliphatic heterocycles. The van der Waals surface area contributed by atoms with Crippen molar-refractivity contribution in [2.75, 3.05) is 52.9 Å². The number of aromatic nitrogens is 1. The third kappa shape index (κ3) is 11.4. The third-order valence-corrected chi connectivity index (χ3v) is 11.2. The summed E-state index contributed by atoms with van der Waals surface area (Å²) in [5, 5.41) is 48.6. The molecule has 2 aliphatic rings. The Hall–Kier alpha value is -6.52. The molecule has 3 aromatic rings. The Labute approximate surface area is 362 Å². The molecule has 1 heterocycles. The largest absolute Gasteiger partial charge is 0.507 e. The lowest BCUT2D eigenvalue weighted by molar-refractivity contribution is -0.127. The van der Waals surface area contributed by atoms with E-state index in [2.05, 4.69) is 43.0 Å². The van der Waals surface area contributed by atoms with Crippen LogP contribution < -0.4 is 36.6 Å². The number of ether oxygens (including phenoxy) is 1. The van der Waals surface area contributed by atoms with Crippen LogP contribution in [-0.4, -0.2) is 114 Å². The van der Waals surface area contributed by atoms with Gasteiger partial charge in [-0.1, -0.05) is 26.0 Å². The molecule has 5 amide bonds. The van der Waals surface area contributed by atoms with E-state index in [1.165, 1.54) is 37.1 Å². The van der Waals surface area contributed by atoms with Crippen LogP contribution in [0.2, 0.25) is 0 Å². The number of phenols is 2. The molecule has 8 N–H and O–H groups in total. The van der Waals surface area contributed by atoms with Gasteiger partial charge in [0.15, 0.2) is 5.78 Å². The first-order valence-electron chi connectivity index (χ1n) is 20.3. The Kier molecular flexibility index (Phi) is 16.4. The molecule has 0 spiro atoms. The van der Waals surface area contributed by atoms with Crippen molar-refractivity contribution in [2.45, 2.75) is 62.6 Å². The van der Waals surface area contributed by atoms with E-state index in [0.717, 1.165) is 0 Å². The first kappa shape index (κ1) is 46.5. The van der Waals surface area contributed by atoms with E-state index in [1.54, 1.807) is 12.1 Å². The summed E-state index contributed by atoms with van der Waals surface area (Å²) < 4.78 is 5.29. The van der Waals surface area contributed by atoms with Crippen molar-refractivity contribution in [2.24, 2.45) is 5.92 Å². The number of carbonyl (C=O) groups excluding carboxylic acids is 7. The van der Waals surface area contributed by atoms with Crippen molar-refractivity contribution in [3.8, 4) is 23.3 Å². The minimum absolute atomic E-state index is 0.00199. The average Bonchev–Trinajstić information content (AvgIpc) is 3.26. The zero-order valence-corrected chi connectivity index (χ0v) is 35.5. The molecule has 1 aromatic heterocycles. The Bertz CT molecular complexity index is 2290. The topological polar surface area (TPSA) is 278 Å². The minimum atomic E-state index is -0.613. The van der Waals surface area contributed by atoms with Gasteiger partial charge in [-0.25, -0.2) is 4.98 Å². The maximum absolute atomic E-state index is 13.5. The number of rotatable bonds is 20. The van der Waals surface area contributed by atoms with Crippen molar-refractivity contribution in [3.63, 3.8) is 0 Å². The zero-order chi connectivity index (χ0) is 44.9. The van der Waals surface area contributed by atoms with E-state index in [-0.39, 0.29) is 95.1 Å². The number of methoxy groups -OCH3 is 1. The molecule has 2 aliphatic carbocycles. The summed E-state index contributed by atoms with van der Waals surface area (Å²) in [6.45, 7) is 5.17. The maximum atomic E-state index is 13.5. The number of nitrogens with zero attached hydrogens (tertiary/aromatic N) is 2. The first-order valence-corrected chi connectivity index (χ1v) is 21.1. The maximum Gasteiger partial charge on any atom is 0.269 e.